The Morgan fingerprint density at radius 2 is 1.66 bits per heavy atom. The SMILES string of the molecule is C=C1CC(C(C)C2CC(C(C)C)CC(=O)O2)C2(C)CCC3C(C(O)CC4C(C5CC5)CCCC43C)C12.CC. The van der Waals surface area contributed by atoms with Crippen LogP contribution in [-0.4, -0.2) is 23.3 Å². The second-order valence-electron chi connectivity index (χ2n) is 15.3. The maximum absolute atomic E-state index is 12.5. The molecule has 0 bridgehead atoms. The smallest absolute Gasteiger partial charge is 0.306 e. The first-order valence-corrected chi connectivity index (χ1v) is 16.6. The van der Waals surface area contributed by atoms with E-state index < -0.39 is 0 Å². The van der Waals surface area contributed by atoms with Gasteiger partial charge in [0.1, 0.15) is 6.10 Å². The third kappa shape index (κ3) is 4.53. The van der Waals surface area contributed by atoms with Crippen LogP contribution >= 0.6 is 0 Å². The molecule has 0 radical (unpaired) electrons. The highest BCUT2D eigenvalue weighted by molar-refractivity contribution is 5.70. The van der Waals surface area contributed by atoms with E-state index in [2.05, 4.69) is 34.6 Å². The minimum atomic E-state index is -0.180. The van der Waals surface area contributed by atoms with Gasteiger partial charge in [-0.15, -0.1) is 0 Å². The number of rotatable bonds is 4. The molecule has 12 atom stereocenters. The van der Waals surface area contributed by atoms with Gasteiger partial charge in [0.25, 0.3) is 0 Å². The van der Waals surface area contributed by atoms with Gasteiger partial charge in [-0.25, -0.2) is 0 Å². The van der Waals surface area contributed by atoms with Crippen LogP contribution in [0.25, 0.3) is 0 Å². The highest BCUT2D eigenvalue weighted by atomic mass is 16.5. The summed E-state index contributed by atoms with van der Waals surface area (Å²) in [4.78, 5) is 12.5. The van der Waals surface area contributed by atoms with E-state index in [1.165, 1.54) is 50.5 Å². The Hall–Kier alpha value is -0.830. The maximum Gasteiger partial charge on any atom is 0.306 e. The van der Waals surface area contributed by atoms with E-state index >= 15 is 0 Å². The van der Waals surface area contributed by atoms with Crippen molar-refractivity contribution < 1.29 is 14.6 Å². The van der Waals surface area contributed by atoms with E-state index in [1.807, 2.05) is 13.8 Å². The largest absolute Gasteiger partial charge is 0.462 e. The van der Waals surface area contributed by atoms with Gasteiger partial charge >= 0.3 is 5.97 Å². The van der Waals surface area contributed by atoms with Crippen molar-refractivity contribution in [2.75, 3.05) is 0 Å². The van der Waals surface area contributed by atoms with Crippen LogP contribution in [-0.2, 0) is 9.53 Å². The van der Waals surface area contributed by atoms with E-state index in [-0.39, 0.29) is 23.6 Å². The fourth-order valence-corrected chi connectivity index (χ4v) is 11.3. The number of allylic oxidation sites excluding steroid dienone is 1. The molecule has 6 aliphatic rings. The molecule has 0 aromatic heterocycles. The molecule has 1 saturated heterocycles. The molecule has 12 unspecified atom stereocenters. The molecule has 0 spiro atoms. The monoisotopic (exact) mass is 526 g/mol. The minimum Gasteiger partial charge on any atom is -0.462 e. The molecule has 3 heteroatoms. The normalized spacial score (nSPS) is 49.2. The molecule has 1 heterocycles. The predicted octanol–water partition coefficient (Wildman–Crippen LogP) is 8.45. The van der Waals surface area contributed by atoms with Gasteiger partial charge in [0.15, 0.2) is 0 Å². The summed E-state index contributed by atoms with van der Waals surface area (Å²) in [5, 5.41) is 11.9. The first kappa shape index (κ1) is 28.7. The molecule has 1 N–H and O–H groups in total. The Morgan fingerprint density at radius 3 is 2.32 bits per heavy atom. The molecule has 0 aromatic carbocycles. The molecule has 1 aliphatic heterocycles. The number of fused-ring (bicyclic) bond motifs is 5. The fraction of sp³-hybridized carbons (Fsp3) is 0.914. The van der Waals surface area contributed by atoms with Crippen molar-refractivity contribution >= 4 is 5.97 Å². The van der Waals surface area contributed by atoms with Crippen molar-refractivity contribution in [3.05, 3.63) is 12.2 Å². The van der Waals surface area contributed by atoms with E-state index in [0.29, 0.717) is 53.3 Å². The van der Waals surface area contributed by atoms with E-state index in [0.717, 1.165) is 37.0 Å². The lowest BCUT2D eigenvalue weighted by molar-refractivity contribution is -0.179. The summed E-state index contributed by atoms with van der Waals surface area (Å²) in [5.41, 5.74) is 1.94. The molecule has 5 saturated carbocycles. The Bertz CT molecular complexity index is 890. The summed E-state index contributed by atoms with van der Waals surface area (Å²) < 4.78 is 6.04. The predicted molar refractivity (Wildman–Crippen MR) is 155 cm³/mol. The van der Waals surface area contributed by atoms with Gasteiger partial charge in [-0.1, -0.05) is 67.0 Å². The van der Waals surface area contributed by atoms with Crippen LogP contribution in [0.1, 0.15) is 119 Å². The van der Waals surface area contributed by atoms with Crippen LogP contribution in [0.2, 0.25) is 0 Å². The number of hydrogen-bond acceptors (Lipinski definition) is 3. The molecule has 0 aromatic rings. The number of esters is 1. The third-order valence-corrected chi connectivity index (χ3v) is 13.4. The van der Waals surface area contributed by atoms with Crippen molar-refractivity contribution in [2.45, 2.75) is 131 Å². The summed E-state index contributed by atoms with van der Waals surface area (Å²) in [6.45, 7) is 20.7. The van der Waals surface area contributed by atoms with Crippen LogP contribution in [0, 0.1) is 70.0 Å². The number of aliphatic hydroxyl groups excluding tert-OH is 1. The van der Waals surface area contributed by atoms with Crippen molar-refractivity contribution in [1.82, 2.24) is 0 Å². The maximum atomic E-state index is 12.5. The summed E-state index contributed by atoms with van der Waals surface area (Å²) in [5.74, 6) is 5.74. The van der Waals surface area contributed by atoms with Crippen molar-refractivity contribution in [3.8, 4) is 0 Å². The summed E-state index contributed by atoms with van der Waals surface area (Å²) in [6, 6.07) is 0. The van der Waals surface area contributed by atoms with Crippen LogP contribution in [0.15, 0.2) is 12.2 Å². The third-order valence-electron chi connectivity index (χ3n) is 13.4. The first-order valence-electron chi connectivity index (χ1n) is 16.6. The zero-order valence-corrected chi connectivity index (χ0v) is 25.7. The fourth-order valence-electron chi connectivity index (χ4n) is 11.3. The van der Waals surface area contributed by atoms with Gasteiger partial charge in [-0.05, 0) is 128 Å². The Morgan fingerprint density at radius 1 is 0.947 bits per heavy atom. The quantitative estimate of drug-likeness (QED) is 0.295. The molecule has 216 valence electrons. The van der Waals surface area contributed by atoms with E-state index in [1.54, 1.807) is 0 Å². The molecule has 38 heavy (non-hydrogen) atoms. The summed E-state index contributed by atoms with van der Waals surface area (Å²) >= 11 is 0. The number of carbonyl (C=O) groups excluding carboxylic acids is 1. The number of ether oxygens (including phenoxy) is 1. The molecular weight excluding hydrogens is 468 g/mol. The van der Waals surface area contributed by atoms with Crippen molar-refractivity contribution in [3.63, 3.8) is 0 Å². The minimum absolute atomic E-state index is 0.00298. The van der Waals surface area contributed by atoms with E-state index in [9.17, 15) is 9.90 Å². The lowest BCUT2D eigenvalue weighted by atomic mass is 9.42. The highest BCUT2D eigenvalue weighted by Crippen LogP contribution is 2.71. The second kappa shape index (κ2) is 10.5. The lowest BCUT2D eigenvalue weighted by Gasteiger charge is -2.63. The molecule has 0 amide bonds. The average molecular weight is 527 g/mol. The molecular formula is C35H58O3. The second-order valence-corrected chi connectivity index (χ2v) is 15.3. The van der Waals surface area contributed by atoms with Gasteiger partial charge in [0.2, 0.25) is 0 Å². The summed E-state index contributed by atoms with van der Waals surface area (Å²) in [6.07, 6.45) is 13.0. The van der Waals surface area contributed by atoms with Crippen LogP contribution in [0.5, 0.6) is 0 Å². The van der Waals surface area contributed by atoms with Gasteiger partial charge in [-0.3, -0.25) is 4.79 Å². The van der Waals surface area contributed by atoms with Crippen LogP contribution < -0.4 is 0 Å². The van der Waals surface area contributed by atoms with Gasteiger partial charge in [-0.2, -0.15) is 0 Å². The van der Waals surface area contributed by atoms with Gasteiger partial charge < -0.3 is 9.84 Å². The lowest BCUT2D eigenvalue weighted by Crippen LogP contribution is -2.59. The standard InChI is InChI=1S/C33H52O3.C2H6/c1-18(2)22-15-28(36-29(35)16-22)20(4)25-14-19(3)31-30-24(11-13-33(25,31)6)32(5)12-7-8-23(21-9-10-21)26(32)17-27(30)34;1-2/h18,20-28,30-31,34H,3,7-17H2,1-2,4-6H3;1-2H3. The van der Waals surface area contributed by atoms with E-state index in [4.69, 9.17) is 11.3 Å². The van der Waals surface area contributed by atoms with Crippen molar-refractivity contribution in [1.29, 1.82) is 0 Å². The molecule has 6 fully saturated rings. The number of hydrogen-bond donors (Lipinski definition) is 1. The summed E-state index contributed by atoms with van der Waals surface area (Å²) in [7, 11) is 0. The molecule has 3 nitrogen and oxygen atoms in total. The van der Waals surface area contributed by atoms with Crippen LogP contribution in [0.3, 0.4) is 0 Å². The highest BCUT2D eigenvalue weighted by Gasteiger charge is 2.65. The average Bonchev–Trinajstić information content (AvgIpc) is 3.69. The zero-order valence-electron chi connectivity index (χ0n) is 25.7. The van der Waals surface area contributed by atoms with Gasteiger partial charge in [0, 0.05) is 6.42 Å². The number of cyclic esters (lactones) is 1. The Labute approximate surface area is 233 Å². The molecule has 6 rings (SSSR count). The zero-order chi connectivity index (χ0) is 27.6. The van der Waals surface area contributed by atoms with Crippen molar-refractivity contribution in [2.24, 2.45) is 70.0 Å². The number of carbonyl (C=O) groups is 1. The number of aliphatic hydroxyl groups is 1. The Kier molecular flexibility index (Phi) is 7.95. The van der Waals surface area contributed by atoms with Crippen LogP contribution in [0.4, 0.5) is 0 Å². The Balaban J connectivity index is 0.00000144. The topological polar surface area (TPSA) is 46.5 Å². The van der Waals surface area contributed by atoms with Gasteiger partial charge in [0.05, 0.1) is 6.10 Å². The first-order chi connectivity index (χ1) is 18.0. The molecule has 5 aliphatic carbocycles.